The molecule has 5 nitrogen and oxygen atoms in total. The van der Waals surface area contributed by atoms with Crippen LogP contribution in [0.5, 0.6) is 5.88 Å². The molecule has 1 aromatic rings. The molecule has 1 heterocycles. The summed E-state index contributed by atoms with van der Waals surface area (Å²) in [5.41, 5.74) is 11.0. The minimum atomic E-state index is 0.161. The summed E-state index contributed by atoms with van der Waals surface area (Å²) in [6.45, 7) is 0.681. The Morgan fingerprint density at radius 2 is 2.13 bits per heavy atom. The molecule has 82 valence electrons. The Hall–Kier alpha value is -1.52. The standard InChI is InChI=1S/C10H16N4O/c11-8-6-9(14-10(12)13-8)15-5-4-7-2-1-3-7/h6-7H,1-5H2,(H4,11,12,13,14). The number of nitrogens with two attached hydrogens (primary N) is 2. The second-order valence-corrected chi connectivity index (χ2v) is 3.92. The maximum Gasteiger partial charge on any atom is 0.225 e. The predicted octanol–water partition coefficient (Wildman–Crippen LogP) is 1.21. The highest BCUT2D eigenvalue weighted by Crippen LogP contribution is 2.29. The largest absolute Gasteiger partial charge is 0.477 e. The van der Waals surface area contributed by atoms with Gasteiger partial charge >= 0.3 is 0 Å². The van der Waals surface area contributed by atoms with Gasteiger partial charge in [-0.3, -0.25) is 0 Å². The van der Waals surface area contributed by atoms with Gasteiger partial charge < -0.3 is 16.2 Å². The van der Waals surface area contributed by atoms with Crippen molar-refractivity contribution in [2.24, 2.45) is 5.92 Å². The van der Waals surface area contributed by atoms with Crippen LogP contribution in [0.3, 0.4) is 0 Å². The second-order valence-electron chi connectivity index (χ2n) is 3.92. The minimum Gasteiger partial charge on any atom is -0.477 e. The zero-order valence-electron chi connectivity index (χ0n) is 8.65. The van der Waals surface area contributed by atoms with E-state index in [4.69, 9.17) is 16.2 Å². The Kier molecular flexibility index (Phi) is 2.89. The highest BCUT2D eigenvalue weighted by atomic mass is 16.5. The molecular weight excluding hydrogens is 192 g/mol. The Morgan fingerprint density at radius 1 is 1.33 bits per heavy atom. The first kappa shape index (κ1) is 10.0. The highest BCUT2D eigenvalue weighted by molar-refractivity contribution is 5.38. The van der Waals surface area contributed by atoms with Gasteiger partial charge in [-0.15, -0.1) is 0 Å². The number of aromatic nitrogens is 2. The number of rotatable bonds is 4. The van der Waals surface area contributed by atoms with Crippen LogP contribution in [-0.2, 0) is 0 Å². The van der Waals surface area contributed by atoms with Crippen molar-refractivity contribution in [1.82, 2.24) is 9.97 Å². The van der Waals surface area contributed by atoms with E-state index in [1.54, 1.807) is 6.07 Å². The van der Waals surface area contributed by atoms with E-state index in [1.165, 1.54) is 19.3 Å². The first-order valence-electron chi connectivity index (χ1n) is 5.27. The number of nitrogens with zero attached hydrogens (tertiary/aromatic N) is 2. The molecule has 0 aromatic carbocycles. The molecule has 4 N–H and O–H groups in total. The summed E-state index contributed by atoms with van der Waals surface area (Å²) in [5, 5.41) is 0. The lowest BCUT2D eigenvalue weighted by Gasteiger charge is -2.24. The molecule has 2 rings (SSSR count). The van der Waals surface area contributed by atoms with E-state index in [9.17, 15) is 0 Å². The van der Waals surface area contributed by atoms with E-state index in [2.05, 4.69) is 9.97 Å². The summed E-state index contributed by atoms with van der Waals surface area (Å²) in [4.78, 5) is 7.71. The molecule has 0 unspecified atom stereocenters. The Balaban J connectivity index is 1.81. The molecule has 15 heavy (non-hydrogen) atoms. The zero-order chi connectivity index (χ0) is 10.7. The van der Waals surface area contributed by atoms with Gasteiger partial charge in [-0.25, -0.2) is 0 Å². The first-order chi connectivity index (χ1) is 7.24. The molecule has 0 aliphatic heterocycles. The summed E-state index contributed by atoms with van der Waals surface area (Å²) < 4.78 is 5.46. The Bertz CT molecular complexity index is 318. The van der Waals surface area contributed by atoms with E-state index in [-0.39, 0.29) is 5.95 Å². The van der Waals surface area contributed by atoms with Crippen LogP contribution in [0.2, 0.25) is 0 Å². The lowest BCUT2D eigenvalue weighted by Crippen LogP contribution is -2.15. The van der Waals surface area contributed by atoms with Crippen molar-refractivity contribution in [3.63, 3.8) is 0 Å². The third kappa shape index (κ3) is 2.71. The van der Waals surface area contributed by atoms with E-state index < -0.39 is 0 Å². The number of hydrogen-bond donors (Lipinski definition) is 2. The molecule has 0 atom stereocenters. The number of hydrogen-bond acceptors (Lipinski definition) is 5. The Labute approximate surface area is 88.8 Å². The molecule has 5 heteroatoms. The fraction of sp³-hybridized carbons (Fsp3) is 0.600. The number of ether oxygens (including phenoxy) is 1. The average molecular weight is 208 g/mol. The lowest BCUT2D eigenvalue weighted by atomic mass is 9.83. The fourth-order valence-corrected chi connectivity index (χ4v) is 1.65. The van der Waals surface area contributed by atoms with Gasteiger partial charge in [0.15, 0.2) is 0 Å². The van der Waals surface area contributed by atoms with E-state index in [1.807, 2.05) is 0 Å². The molecule has 0 radical (unpaired) electrons. The van der Waals surface area contributed by atoms with Gasteiger partial charge in [0, 0.05) is 6.07 Å². The molecule has 0 amide bonds. The van der Waals surface area contributed by atoms with Crippen molar-refractivity contribution < 1.29 is 4.74 Å². The van der Waals surface area contributed by atoms with Crippen LogP contribution in [0.25, 0.3) is 0 Å². The van der Waals surface area contributed by atoms with E-state index in [0.29, 0.717) is 18.3 Å². The average Bonchev–Trinajstić information content (AvgIpc) is 2.07. The molecule has 1 aromatic heterocycles. The number of anilines is 2. The maximum absolute atomic E-state index is 5.52. The van der Waals surface area contributed by atoms with Crippen molar-refractivity contribution in [3.8, 4) is 5.88 Å². The number of nitrogen functional groups attached to an aromatic ring is 2. The lowest BCUT2D eigenvalue weighted by molar-refractivity contribution is 0.217. The van der Waals surface area contributed by atoms with Gasteiger partial charge in [-0.05, 0) is 12.3 Å². The van der Waals surface area contributed by atoms with Crippen LogP contribution in [0, 0.1) is 5.92 Å². The SMILES string of the molecule is Nc1cc(OCCC2CCC2)nc(N)n1. The van der Waals surface area contributed by atoms with Gasteiger partial charge in [0.1, 0.15) is 5.82 Å². The van der Waals surface area contributed by atoms with E-state index >= 15 is 0 Å². The normalized spacial score (nSPS) is 16.0. The van der Waals surface area contributed by atoms with Crippen LogP contribution in [-0.4, -0.2) is 16.6 Å². The van der Waals surface area contributed by atoms with Gasteiger partial charge in [-0.2, -0.15) is 9.97 Å². The van der Waals surface area contributed by atoms with Crippen molar-refractivity contribution in [2.75, 3.05) is 18.1 Å². The zero-order valence-corrected chi connectivity index (χ0v) is 8.65. The third-order valence-electron chi connectivity index (χ3n) is 2.74. The van der Waals surface area contributed by atoms with Gasteiger partial charge in [-0.1, -0.05) is 19.3 Å². The summed E-state index contributed by atoms with van der Waals surface area (Å²) in [7, 11) is 0. The summed E-state index contributed by atoms with van der Waals surface area (Å²) in [6.07, 6.45) is 5.11. The van der Waals surface area contributed by atoms with Crippen molar-refractivity contribution >= 4 is 11.8 Å². The fourth-order valence-electron chi connectivity index (χ4n) is 1.65. The van der Waals surface area contributed by atoms with Crippen molar-refractivity contribution in [1.29, 1.82) is 0 Å². The monoisotopic (exact) mass is 208 g/mol. The van der Waals surface area contributed by atoms with Crippen LogP contribution >= 0.6 is 0 Å². The molecule has 1 fully saturated rings. The van der Waals surface area contributed by atoms with Crippen LogP contribution in [0.4, 0.5) is 11.8 Å². The summed E-state index contributed by atoms with van der Waals surface area (Å²) in [6, 6.07) is 1.59. The maximum atomic E-state index is 5.52. The quantitative estimate of drug-likeness (QED) is 0.776. The molecule has 1 aliphatic carbocycles. The van der Waals surface area contributed by atoms with Gasteiger partial charge in [0.2, 0.25) is 11.8 Å². The molecule has 0 spiro atoms. The third-order valence-corrected chi connectivity index (χ3v) is 2.74. The summed E-state index contributed by atoms with van der Waals surface area (Å²) in [5.74, 6) is 1.82. The van der Waals surface area contributed by atoms with Crippen molar-refractivity contribution in [2.45, 2.75) is 25.7 Å². The molecule has 1 saturated carbocycles. The molecular formula is C10H16N4O. The Morgan fingerprint density at radius 3 is 2.73 bits per heavy atom. The molecule has 0 bridgehead atoms. The van der Waals surface area contributed by atoms with Crippen LogP contribution < -0.4 is 16.2 Å². The van der Waals surface area contributed by atoms with Gasteiger partial charge in [0.05, 0.1) is 6.61 Å². The highest BCUT2D eigenvalue weighted by Gasteiger charge is 2.16. The first-order valence-corrected chi connectivity index (χ1v) is 5.27. The van der Waals surface area contributed by atoms with Crippen LogP contribution in [0.15, 0.2) is 6.07 Å². The van der Waals surface area contributed by atoms with Gasteiger partial charge in [0.25, 0.3) is 0 Å². The topological polar surface area (TPSA) is 87.0 Å². The van der Waals surface area contributed by atoms with Crippen LogP contribution in [0.1, 0.15) is 25.7 Å². The summed E-state index contributed by atoms with van der Waals surface area (Å²) >= 11 is 0. The smallest absolute Gasteiger partial charge is 0.225 e. The molecule has 1 aliphatic rings. The predicted molar refractivity (Wildman–Crippen MR) is 58.3 cm³/mol. The van der Waals surface area contributed by atoms with Crippen molar-refractivity contribution in [3.05, 3.63) is 6.07 Å². The van der Waals surface area contributed by atoms with E-state index in [0.717, 1.165) is 12.3 Å². The second kappa shape index (κ2) is 4.33. The minimum absolute atomic E-state index is 0.161. The molecule has 0 saturated heterocycles.